The molecular weight excluding hydrogens is 307 g/mol. The van der Waals surface area contributed by atoms with Crippen molar-refractivity contribution < 1.29 is 4.79 Å². The average Bonchev–Trinajstić information content (AvgIpc) is 2.47. The first-order chi connectivity index (χ1) is 9.69. The SMILES string of the molecule is Cc1ccc(CCC(=O)N2CCN(CCCl)CC2)cc1.Cl. The van der Waals surface area contributed by atoms with Crippen LogP contribution < -0.4 is 0 Å². The van der Waals surface area contributed by atoms with Gasteiger partial charge >= 0.3 is 0 Å². The van der Waals surface area contributed by atoms with E-state index in [4.69, 9.17) is 11.6 Å². The van der Waals surface area contributed by atoms with Crippen molar-refractivity contribution in [2.24, 2.45) is 0 Å². The van der Waals surface area contributed by atoms with E-state index in [0.717, 1.165) is 39.1 Å². The third-order valence-corrected chi connectivity index (χ3v) is 4.04. The van der Waals surface area contributed by atoms with Crippen molar-refractivity contribution in [3.05, 3.63) is 35.4 Å². The monoisotopic (exact) mass is 330 g/mol. The molecule has 0 N–H and O–H groups in total. The van der Waals surface area contributed by atoms with Crippen molar-refractivity contribution >= 4 is 29.9 Å². The van der Waals surface area contributed by atoms with Gasteiger partial charge in [0.2, 0.25) is 5.91 Å². The molecule has 118 valence electrons. The second-order valence-corrected chi connectivity index (χ2v) is 5.77. The Hall–Kier alpha value is -0.770. The highest BCUT2D eigenvalue weighted by Crippen LogP contribution is 2.09. The Kier molecular flexibility index (Phi) is 8.09. The van der Waals surface area contributed by atoms with E-state index in [-0.39, 0.29) is 18.3 Å². The molecule has 5 heteroatoms. The lowest BCUT2D eigenvalue weighted by Gasteiger charge is -2.34. The van der Waals surface area contributed by atoms with E-state index in [2.05, 4.69) is 36.1 Å². The van der Waals surface area contributed by atoms with Crippen LogP contribution >= 0.6 is 24.0 Å². The van der Waals surface area contributed by atoms with Gasteiger partial charge < -0.3 is 4.90 Å². The van der Waals surface area contributed by atoms with Crippen molar-refractivity contribution in [2.75, 3.05) is 38.6 Å². The number of benzene rings is 1. The number of amides is 1. The molecule has 1 fully saturated rings. The van der Waals surface area contributed by atoms with Crippen LogP contribution in [0.2, 0.25) is 0 Å². The topological polar surface area (TPSA) is 23.6 Å². The maximum Gasteiger partial charge on any atom is 0.222 e. The molecule has 1 heterocycles. The van der Waals surface area contributed by atoms with Crippen molar-refractivity contribution in [3.8, 4) is 0 Å². The number of hydrogen-bond acceptors (Lipinski definition) is 2. The summed E-state index contributed by atoms with van der Waals surface area (Å²) in [6, 6.07) is 8.43. The van der Waals surface area contributed by atoms with E-state index in [9.17, 15) is 4.79 Å². The summed E-state index contributed by atoms with van der Waals surface area (Å²) in [6.45, 7) is 6.57. The van der Waals surface area contributed by atoms with Gasteiger partial charge in [-0.05, 0) is 18.9 Å². The van der Waals surface area contributed by atoms with Gasteiger partial charge in [0.05, 0.1) is 0 Å². The molecule has 0 radical (unpaired) electrons. The highest BCUT2D eigenvalue weighted by molar-refractivity contribution is 6.18. The first-order valence-corrected chi connectivity index (χ1v) is 7.84. The molecule has 0 atom stereocenters. The normalized spacial score (nSPS) is 15.6. The summed E-state index contributed by atoms with van der Waals surface area (Å²) in [5.74, 6) is 0.942. The summed E-state index contributed by atoms with van der Waals surface area (Å²) in [6.07, 6.45) is 1.44. The van der Waals surface area contributed by atoms with Crippen LogP contribution in [0.25, 0.3) is 0 Å². The van der Waals surface area contributed by atoms with Crippen LogP contribution in [0.4, 0.5) is 0 Å². The fourth-order valence-corrected chi connectivity index (χ4v) is 2.74. The van der Waals surface area contributed by atoms with Gasteiger partial charge in [0.15, 0.2) is 0 Å². The van der Waals surface area contributed by atoms with E-state index in [0.29, 0.717) is 12.3 Å². The van der Waals surface area contributed by atoms with E-state index in [1.54, 1.807) is 0 Å². The van der Waals surface area contributed by atoms with E-state index in [1.165, 1.54) is 11.1 Å². The van der Waals surface area contributed by atoms with Gasteiger partial charge in [0.25, 0.3) is 0 Å². The summed E-state index contributed by atoms with van der Waals surface area (Å²) < 4.78 is 0. The lowest BCUT2D eigenvalue weighted by molar-refractivity contribution is -0.132. The Morgan fingerprint density at radius 2 is 1.76 bits per heavy atom. The minimum atomic E-state index is 0. The average molecular weight is 331 g/mol. The Balaban J connectivity index is 0.00000220. The smallest absolute Gasteiger partial charge is 0.222 e. The summed E-state index contributed by atoms with van der Waals surface area (Å²) in [5.41, 5.74) is 2.50. The standard InChI is InChI=1S/C16H23ClN2O.ClH/c1-14-2-4-15(5-3-14)6-7-16(20)19-12-10-18(9-8-17)11-13-19;/h2-5H,6-13H2,1H3;1H. The van der Waals surface area contributed by atoms with Crippen molar-refractivity contribution in [1.29, 1.82) is 0 Å². The fraction of sp³-hybridized carbons (Fsp3) is 0.562. The van der Waals surface area contributed by atoms with Gasteiger partial charge in [-0.2, -0.15) is 0 Å². The van der Waals surface area contributed by atoms with Crippen molar-refractivity contribution in [2.45, 2.75) is 19.8 Å². The molecule has 1 aliphatic rings. The molecule has 0 saturated carbocycles. The molecule has 1 aromatic carbocycles. The summed E-state index contributed by atoms with van der Waals surface area (Å²) >= 11 is 5.74. The Labute approximate surface area is 138 Å². The number of alkyl halides is 1. The lowest BCUT2D eigenvalue weighted by Crippen LogP contribution is -2.49. The molecule has 0 aromatic heterocycles. The number of aryl methyl sites for hydroxylation is 2. The number of nitrogens with zero attached hydrogens (tertiary/aromatic N) is 2. The first kappa shape index (κ1) is 18.3. The molecule has 0 spiro atoms. The van der Waals surface area contributed by atoms with Gasteiger partial charge in [-0.1, -0.05) is 29.8 Å². The quantitative estimate of drug-likeness (QED) is 0.775. The molecule has 3 nitrogen and oxygen atoms in total. The summed E-state index contributed by atoms with van der Waals surface area (Å²) in [7, 11) is 0. The molecule has 1 aromatic rings. The number of hydrogen-bond donors (Lipinski definition) is 0. The number of carbonyl (C=O) groups is 1. The van der Waals surface area contributed by atoms with Crippen LogP contribution in [-0.2, 0) is 11.2 Å². The minimum Gasteiger partial charge on any atom is -0.340 e. The molecule has 1 saturated heterocycles. The fourth-order valence-electron chi connectivity index (χ4n) is 2.50. The van der Waals surface area contributed by atoms with Crippen LogP contribution in [-0.4, -0.2) is 54.3 Å². The first-order valence-electron chi connectivity index (χ1n) is 7.30. The number of rotatable bonds is 5. The molecule has 1 amide bonds. The van der Waals surface area contributed by atoms with Gasteiger partial charge in [0.1, 0.15) is 0 Å². The number of carbonyl (C=O) groups excluding carboxylic acids is 1. The van der Waals surface area contributed by atoms with Crippen LogP contribution in [0.15, 0.2) is 24.3 Å². The number of halogens is 2. The van der Waals surface area contributed by atoms with E-state index < -0.39 is 0 Å². The zero-order chi connectivity index (χ0) is 14.4. The highest BCUT2D eigenvalue weighted by atomic mass is 35.5. The summed E-state index contributed by atoms with van der Waals surface area (Å²) in [5, 5.41) is 0. The van der Waals surface area contributed by atoms with Gasteiger partial charge in [-0.3, -0.25) is 9.69 Å². The Bertz CT molecular complexity index is 428. The number of piperazine rings is 1. The maximum atomic E-state index is 12.2. The van der Waals surface area contributed by atoms with Crippen LogP contribution in [0, 0.1) is 6.92 Å². The van der Waals surface area contributed by atoms with Crippen LogP contribution in [0.3, 0.4) is 0 Å². The Morgan fingerprint density at radius 1 is 1.14 bits per heavy atom. The minimum absolute atomic E-state index is 0. The molecule has 1 aliphatic heterocycles. The predicted octanol–water partition coefficient (Wildman–Crippen LogP) is 2.73. The van der Waals surface area contributed by atoms with Gasteiger partial charge in [-0.15, -0.1) is 24.0 Å². The largest absolute Gasteiger partial charge is 0.340 e. The molecule has 21 heavy (non-hydrogen) atoms. The van der Waals surface area contributed by atoms with Gasteiger partial charge in [0, 0.05) is 45.0 Å². The molecule has 2 rings (SSSR count). The third kappa shape index (κ3) is 5.85. The van der Waals surface area contributed by atoms with E-state index >= 15 is 0 Å². The third-order valence-electron chi connectivity index (χ3n) is 3.87. The van der Waals surface area contributed by atoms with Crippen LogP contribution in [0.5, 0.6) is 0 Å². The van der Waals surface area contributed by atoms with Gasteiger partial charge in [-0.25, -0.2) is 0 Å². The lowest BCUT2D eigenvalue weighted by atomic mass is 10.1. The second-order valence-electron chi connectivity index (χ2n) is 5.40. The predicted molar refractivity (Wildman–Crippen MR) is 90.5 cm³/mol. The highest BCUT2D eigenvalue weighted by Gasteiger charge is 2.20. The van der Waals surface area contributed by atoms with Crippen molar-refractivity contribution in [3.63, 3.8) is 0 Å². The van der Waals surface area contributed by atoms with E-state index in [1.807, 2.05) is 4.90 Å². The Morgan fingerprint density at radius 3 is 2.33 bits per heavy atom. The zero-order valence-electron chi connectivity index (χ0n) is 12.6. The second kappa shape index (κ2) is 9.29. The molecular formula is C16H24Cl2N2O. The van der Waals surface area contributed by atoms with Crippen molar-refractivity contribution in [1.82, 2.24) is 9.80 Å². The molecule has 0 bridgehead atoms. The molecule has 0 aliphatic carbocycles. The molecule has 0 unspecified atom stereocenters. The van der Waals surface area contributed by atoms with Crippen LogP contribution in [0.1, 0.15) is 17.5 Å². The summed E-state index contributed by atoms with van der Waals surface area (Å²) in [4.78, 5) is 16.5. The zero-order valence-corrected chi connectivity index (χ0v) is 14.1. The maximum absolute atomic E-state index is 12.2.